The molecule has 0 spiro atoms. The predicted molar refractivity (Wildman–Crippen MR) is 144 cm³/mol. The highest BCUT2D eigenvalue weighted by atomic mass is 31.2. The molecule has 11 nitrogen and oxygen atoms in total. The van der Waals surface area contributed by atoms with Gasteiger partial charge in [0.25, 0.3) is 5.56 Å². The molecular weight excluding hydrogens is 493 g/mol. The summed E-state index contributed by atoms with van der Waals surface area (Å²) in [4.78, 5) is 36.4. The van der Waals surface area contributed by atoms with Crippen molar-refractivity contribution in [1.29, 1.82) is 5.26 Å². The highest BCUT2D eigenvalue weighted by Gasteiger charge is 2.46. The molecule has 204 valence electrons. The highest BCUT2D eigenvalue weighted by molar-refractivity contribution is 7.50. The van der Waals surface area contributed by atoms with Crippen molar-refractivity contribution in [3.63, 3.8) is 0 Å². The molecule has 1 aliphatic rings. The van der Waals surface area contributed by atoms with E-state index in [2.05, 4.69) is 72.6 Å². The number of carbonyl (C=O) groups excluding carboxylic acids is 1. The minimum atomic E-state index is -1.10. The van der Waals surface area contributed by atoms with Gasteiger partial charge in [-0.25, -0.2) is 4.98 Å². The smallest absolute Gasteiger partial charge is 0.280 e. The number of imidazole rings is 1. The molecule has 0 aromatic carbocycles. The van der Waals surface area contributed by atoms with Gasteiger partial charge < -0.3 is 9.26 Å². The van der Waals surface area contributed by atoms with Gasteiger partial charge in [0.05, 0.1) is 18.5 Å². The van der Waals surface area contributed by atoms with Crippen molar-refractivity contribution in [3.05, 3.63) is 16.7 Å². The van der Waals surface area contributed by atoms with Gasteiger partial charge in [0.2, 0.25) is 11.9 Å². The molecule has 1 amide bonds. The quantitative estimate of drug-likeness (QED) is 0.406. The van der Waals surface area contributed by atoms with Crippen LogP contribution in [0.25, 0.3) is 11.2 Å². The van der Waals surface area contributed by atoms with E-state index in [1.165, 1.54) is 0 Å². The van der Waals surface area contributed by atoms with Crippen LogP contribution in [-0.2, 0) is 14.1 Å². The standard InChI is InChI=1S/C25H40N7O4P/c1-9-18-17(8)20(36-37(12-10-11-26)32(15(4)5)16(6)7)24(35-18)31-13-27-19-21(31)28-25(30-23(19)34)29-22(33)14(2)3/h13-18,20,24H,9-10,12H2,1-8H3,(H2,28,29,30,33,34)/t17-,18-,20-,24-,37?/m1/s1. The average Bonchev–Trinajstić information content (AvgIpc) is 3.38. The Morgan fingerprint density at radius 3 is 2.57 bits per heavy atom. The van der Waals surface area contributed by atoms with Crippen LogP contribution in [0.5, 0.6) is 0 Å². The van der Waals surface area contributed by atoms with Crippen LogP contribution < -0.4 is 10.9 Å². The van der Waals surface area contributed by atoms with Crippen LogP contribution in [-0.4, -0.2) is 60.6 Å². The van der Waals surface area contributed by atoms with Crippen molar-refractivity contribution in [2.45, 2.75) is 98.8 Å². The summed E-state index contributed by atoms with van der Waals surface area (Å²) in [7, 11) is -1.10. The van der Waals surface area contributed by atoms with E-state index < -0.39 is 20.1 Å². The Hall–Kier alpha value is -2.38. The zero-order chi connectivity index (χ0) is 27.4. The van der Waals surface area contributed by atoms with Crippen LogP contribution in [0.3, 0.4) is 0 Å². The fourth-order valence-electron chi connectivity index (χ4n) is 4.74. The van der Waals surface area contributed by atoms with Crippen LogP contribution in [0.1, 0.15) is 74.5 Å². The van der Waals surface area contributed by atoms with Crippen molar-refractivity contribution >= 4 is 31.3 Å². The second kappa shape index (κ2) is 12.4. The zero-order valence-corrected chi connectivity index (χ0v) is 24.0. The van der Waals surface area contributed by atoms with Gasteiger partial charge in [0.15, 0.2) is 17.4 Å². The van der Waals surface area contributed by atoms with Gasteiger partial charge >= 0.3 is 0 Å². The van der Waals surface area contributed by atoms with Crippen molar-refractivity contribution in [2.75, 3.05) is 11.5 Å². The van der Waals surface area contributed by atoms with Crippen molar-refractivity contribution < 1.29 is 14.1 Å². The lowest BCUT2D eigenvalue weighted by molar-refractivity contribution is -0.118. The third-order valence-corrected chi connectivity index (χ3v) is 9.08. The fraction of sp³-hybridized carbons (Fsp3) is 0.720. The fourth-order valence-corrected chi connectivity index (χ4v) is 7.09. The number of nitriles is 1. The zero-order valence-electron chi connectivity index (χ0n) is 23.1. The molecule has 37 heavy (non-hydrogen) atoms. The van der Waals surface area contributed by atoms with Gasteiger partial charge in [-0.15, -0.1) is 0 Å². The van der Waals surface area contributed by atoms with E-state index >= 15 is 0 Å². The largest absolute Gasteiger partial charge is 0.352 e. The van der Waals surface area contributed by atoms with E-state index in [1.807, 2.05) is 0 Å². The van der Waals surface area contributed by atoms with Gasteiger partial charge in [0.1, 0.15) is 14.4 Å². The van der Waals surface area contributed by atoms with E-state index in [0.717, 1.165) is 6.42 Å². The number of H-pyrrole nitrogens is 1. The summed E-state index contributed by atoms with van der Waals surface area (Å²) < 4.78 is 17.4. The Morgan fingerprint density at radius 1 is 1.32 bits per heavy atom. The lowest BCUT2D eigenvalue weighted by Gasteiger charge is -2.39. The number of ether oxygens (including phenoxy) is 1. The number of anilines is 1. The molecule has 3 heterocycles. The topological polar surface area (TPSA) is 138 Å². The minimum absolute atomic E-state index is 0.0582. The normalized spacial score (nSPS) is 22.9. The number of hydrogen-bond acceptors (Lipinski definition) is 8. The number of hydrogen-bond donors (Lipinski definition) is 2. The second-order valence-corrected chi connectivity index (χ2v) is 12.2. The first kappa shape index (κ1) is 29.2. The molecule has 1 saturated heterocycles. The molecule has 3 rings (SSSR count). The Labute approximate surface area is 219 Å². The Bertz CT molecular complexity index is 1160. The molecule has 0 bridgehead atoms. The molecule has 2 N–H and O–H groups in total. The first-order chi connectivity index (χ1) is 17.5. The Morgan fingerprint density at radius 2 is 2.00 bits per heavy atom. The van der Waals surface area contributed by atoms with E-state index in [9.17, 15) is 14.9 Å². The third kappa shape index (κ3) is 6.37. The number of rotatable bonds is 11. The first-order valence-electron chi connectivity index (χ1n) is 13.0. The molecule has 5 atom stereocenters. The molecule has 1 fully saturated rings. The van der Waals surface area contributed by atoms with E-state index in [0.29, 0.717) is 18.2 Å². The number of carbonyl (C=O) groups is 1. The molecular formula is C25H40N7O4P. The number of nitrogens with one attached hydrogen (secondary N) is 2. The Balaban J connectivity index is 2.03. The molecule has 0 saturated carbocycles. The minimum Gasteiger partial charge on any atom is -0.352 e. The lowest BCUT2D eigenvalue weighted by atomic mass is 9.99. The maximum atomic E-state index is 12.8. The van der Waals surface area contributed by atoms with Crippen molar-refractivity contribution in [2.24, 2.45) is 11.8 Å². The maximum Gasteiger partial charge on any atom is 0.280 e. The van der Waals surface area contributed by atoms with Crippen LogP contribution in [0.15, 0.2) is 11.1 Å². The summed E-state index contributed by atoms with van der Waals surface area (Å²) >= 11 is 0. The van der Waals surface area contributed by atoms with E-state index in [4.69, 9.17) is 9.26 Å². The van der Waals surface area contributed by atoms with Gasteiger partial charge in [0, 0.05) is 36.5 Å². The molecule has 2 aromatic rings. The van der Waals surface area contributed by atoms with Crippen molar-refractivity contribution in [1.82, 2.24) is 24.2 Å². The molecule has 1 unspecified atom stereocenters. The molecule has 0 aliphatic carbocycles. The lowest BCUT2D eigenvalue weighted by Crippen LogP contribution is -2.36. The number of fused-ring (bicyclic) bond motifs is 1. The summed E-state index contributed by atoms with van der Waals surface area (Å²) in [6.07, 6.45) is 2.39. The van der Waals surface area contributed by atoms with Gasteiger partial charge in [-0.1, -0.05) is 27.7 Å². The van der Waals surface area contributed by atoms with E-state index in [1.54, 1.807) is 24.7 Å². The first-order valence-corrected chi connectivity index (χ1v) is 14.4. The summed E-state index contributed by atoms with van der Waals surface area (Å²) in [5, 5.41) is 12.0. The van der Waals surface area contributed by atoms with Gasteiger partial charge in [-0.05, 0) is 34.1 Å². The molecule has 2 aromatic heterocycles. The average molecular weight is 534 g/mol. The molecule has 0 radical (unpaired) electrons. The van der Waals surface area contributed by atoms with Crippen LogP contribution in [0, 0.1) is 23.2 Å². The number of amides is 1. The summed E-state index contributed by atoms with van der Waals surface area (Å²) in [6, 6.07) is 2.75. The van der Waals surface area contributed by atoms with Crippen LogP contribution in [0.2, 0.25) is 0 Å². The number of aromatic nitrogens is 4. The molecule has 1 aliphatic heterocycles. The SMILES string of the molecule is CC[C@H]1O[C@@H](n2cnc3c(=O)[nH]c(NC(=O)C(C)C)nc32)[C@H](OP(CCC#N)N(C(C)C)C(C)C)[C@@H]1C. The van der Waals surface area contributed by atoms with E-state index in [-0.39, 0.29) is 53.5 Å². The van der Waals surface area contributed by atoms with Crippen molar-refractivity contribution in [3.8, 4) is 6.07 Å². The van der Waals surface area contributed by atoms with Crippen LogP contribution >= 0.6 is 8.30 Å². The maximum absolute atomic E-state index is 12.8. The second-order valence-electron chi connectivity index (χ2n) is 10.3. The summed E-state index contributed by atoms with van der Waals surface area (Å²) in [5.41, 5.74) is 0.0342. The number of nitrogens with zero attached hydrogens (tertiary/aromatic N) is 5. The van der Waals surface area contributed by atoms with Gasteiger partial charge in [-0.3, -0.25) is 29.1 Å². The van der Waals surface area contributed by atoms with Crippen LogP contribution in [0.4, 0.5) is 5.95 Å². The molecule has 12 heteroatoms. The van der Waals surface area contributed by atoms with Gasteiger partial charge in [-0.2, -0.15) is 10.2 Å². The monoisotopic (exact) mass is 533 g/mol. The number of aromatic amines is 1. The predicted octanol–water partition coefficient (Wildman–Crippen LogP) is 4.39. The Kier molecular flexibility index (Phi) is 9.81. The summed E-state index contributed by atoms with van der Waals surface area (Å²) in [5.74, 6) is -0.402. The summed E-state index contributed by atoms with van der Waals surface area (Å²) in [6.45, 7) is 16.3. The third-order valence-electron chi connectivity index (χ3n) is 6.55. The highest BCUT2D eigenvalue weighted by Crippen LogP contribution is 2.51.